The number of amides is 1. The van der Waals surface area contributed by atoms with Crippen LogP contribution in [-0.4, -0.2) is 36.5 Å². The summed E-state index contributed by atoms with van der Waals surface area (Å²) in [5, 5.41) is 0. The second kappa shape index (κ2) is 8.28. The molecule has 0 N–H and O–H groups in total. The fourth-order valence-electron chi connectivity index (χ4n) is 2.88. The molecule has 20 heavy (non-hydrogen) atoms. The average Bonchev–Trinajstić information content (AvgIpc) is 2.43. The van der Waals surface area contributed by atoms with Gasteiger partial charge in [0.1, 0.15) is 0 Å². The Morgan fingerprint density at radius 1 is 1.15 bits per heavy atom. The van der Waals surface area contributed by atoms with E-state index in [1.54, 1.807) is 0 Å². The summed E-state index contributed by atoms with van der Waals surface area (Å²) < 4.78 is 4.78. The molecule has 1 unspecified atom stereocenters. The molecule has 0 aromatic carbocycles. The van der Waals surface area contributed by atoms with Gasteiger partial charge in [-0.05, 0) is 18.8 Å². The minimum absolute atomic E-state index is 0.183. The summed E-state index contributed by atoms with van der Waals surface area (Å²) in [7, 11) is 1.40. The zero-order chi connectivity index (χ0) is 15.1. The highest BCUT2D eigenvalue weighted by molar-refractivity contribution is 5.78. The van der Waals surface area contributed by atoms with Crippen molar-refractivity contribution in [1.82, 2.24) is 4.90 Å². The summed E-state index contributed by atoms with van der Waals surface area (Å²) in [6.07, 6.45) is 6.32. The van der Waals surface area contributed by atoms with Gasteiger partial charge in [0, 0.05) is 19.0 Å². The molecule has 0 aliphatic heterocycles. The van der Waals surface area contributed by atoms with Crippen LogP contribution in [-0.2, 0) is 14.3 Å². The van der Waals surface area contributed by atoms with Crippen LogP contribution in [0.3, 0.4) is 0 Å². The number of hydrogen-bond donors (Lipinski definition) is 0. The lowest BCUT2D eigenvalue weighted by Crippen LogP contribution is -2.45. The molecule has 1 aliphatic rings. The lowest BCUT2D eigenvalue weighted by Gasteiger charge is -2.36. The van der Waals surface area contributed by atoms with E-state index in [-0.39, 0.29) is 17.8 Å². The van der Waals surface area contributed by atoms with Crippen molar-refractivity contribution in [3.63, 3.8) is 0 Å². The minimum atomic E-state index is -0.252. The molecule has 0 saturated heterocycles. The van der Waals surface area contributed by atoms with Gasteiger partial charge in [-0.2, -0.15) is 0 Å². The molecule has 116 valence electrons. The molecule has 1 saturated carbocycles. The van der Waals surface area contributed by atoms with E-state index in [9.17, 15) is 9.59 Å². The second-order valence-corrected chi connectivity index (χ2v) is 6.36. The number of carbonyl (C=O) groups is 2. The predicted octanol–water partition coefficient (Wildman–Crippen LogP) is 3.00. The number of nitrogens with zero attached hydrogens (tertiary/aromatic N) is 1. The van der Waals surface area contributed by atoms with Crippen LogP contribution in [0.5, 0.6) is 0 Å². The molecule has 1 amide bonds. The van der Waals surface area contributed by atoms with Gasteiger partial charge >= 0.3 is 5.97 Å². The van der Waals surface area contributed by atoms with Crippen LogP contribution in [0.1, 0.15) is 59.3 Å². The van der Waals surface area contributed by atoms with E-state index in [4.69, 9.17) is 4.74 Å². The van der Waals surface area contributed by atoms with Crippen LogP contribution in [0.4, 0.5) is 0 Å². The van der Waals surface area contributed by atoms with Gasteiger partial charge < -0.3 is 9.64 Å². The summed E-state index contributed by atoms with van der Waals surface area (Å²) in [4.78, 5) is 26.0. The normalized spacial score (nSPS) is 17.9. The van der Waals surface area contributed by atoms with Gasteiger partial charge in [-0.15, -0.1) is 0 Å². The molecule has 0 aromatic rings. The largest absolute Gasteiger partial charge is 0.469 e. The summed E-state index contributed by atoms with van der Waals surface area (Å²) in [5.41, 5.74) is 0. The Bertz CT molecular complexity index is 322. The summed E-state index contributed by atoms with van der Waals surface area (Å²) in [6, 6.07) is 0.308. The first-order chi connectivity index (χ1) is 9.45. The second-order valence-electron chi connectivity index (χ2n) is 6.36. The topological polar surface area (TPSA) is 46.6 Å². The summed E-state index contributed by atoms with van der Waals surface area (Å²) >= 11 is 0. The Morgan fingerprint density at radius 2 is 1.75 bits per heavy atom. The maximum atomic E-state index is 12.5. The van der Waals surface area contributed by atoms with Crippen molar-refractivity contribution in [2.45, 2.75) is 65.3 Å². The van der Waals surface area contributed by atoms with Gasteiger partial charge in [0.2, 0.25) is 5.91 Å². The van der Waals surface area contributed by atoms with E-state index in [0.29, 0.717) is 24.9 Å². The Kier molecular flexibility index (Phi) is 7.03. The standard InChI is InChI=1S/C16H29NO3/c1-12(2)10-15(18)17(11-13(3)16(19)20-4)14-8-6-5-7-9-14/h12-14H,5-11H2,1-4H3. The molecular weight excluding hydrogens is 254 g/mol. The van der Waals surface area contributed by atoms with Crippen molar-refractivity contribution in [3.05, 3.63) is 0 Å². The Balaban J connectivity index is 2.72. The average molecular weight is 283 g/mol. The smallest absolute Gasteiger partial charge is 0.310 e. The SMILES string of the molecule is COC(=O)C(C)CN(C(=O)CC(C)C)C1CCCCC1. The highest BCUT2D eigenvalue weighted by Crippen LogP contribution is 2.24. The van der Waals surface area contributed by atoms with Crippen LogP contribution in [0.15, 0.2) is 0 Å². The van der Waals surface area contributed by atoms with Crippen LogP contribution in [0, 0.1) is 11.8 Å². The number of esters is 1. The molecule has 0 spiro atoms. The zero-order valence-electron chi connectivity index (χ0n) is 13.4. The van der Waals surface area contributed by atoms with E-state index in [2.05, 4.69) is 13.8 Å². The number of ether oxygens (including phenoxy) is 1. The molecule has 4 nitrogen and oxygen atoms in total. The first-order valence-electron chi connectivity index (χ1n) is 7.83. The molecule has 0 heterocycles. The van der Waals surface area contributed by atoms with Crippen LogP contribution >= 0.6 is 0 Å². The van der Waals surface area contributed by atoms with Crippen molar-refractivity contribution < 1.29 is 14.3 Å². The van der Waals surface area contributed by atoms with Crippen molar-refractivity contribution in [2.24, 2.45) is 11.8 Å². The van der Waals surface area contributed by atoms with E-state index < -0.39 is 0 Å². The highest BCUT2D eigenvalue weighted by Gasteiger charge is 2.28. The van der Waals surface area contributed by atoms with Crippen molar-refractivity contribution in [1.29, 1.82) is 0 Å². The van der Waals surface area contributed by atoms with Crippen LogP contribution < -0.4 is 0 Å². The molecule has 1 fully saturated rings. The fourth-order valence-corrected chi connectivity index (χ4v) is 2.88. The molecule has 1 aliphatic carbocycles. The Hall–Kier alpha value is -1.06. The lowest BCUT2D eigenvalue weighted by molar-refractivity contribution is -0.147. The van der Waals surface area contributed by atoms with E-state index >= 15 is 0 Å². The molecule has 1 rings (SSSR count). The Morgan fingerprint density at radius 3 is 2.25 bits per heavy atom. The van der Waals surface area contributed by atoms with Crippen molar-refractivity contribution in [2.75, 3.05) is 13.7 Å². The molecular formula is C16H29NO3. The van der Waals surface area contributed by atoms with Gasteiger partial charge in [-0.25, -0.2) is 0 Å². The first kappa shape index (κ1) is 17.0. The highest BCUT2D eigenvalue weighted by atomic mass is 16.5. The number of hydrogen-bond acceptors (Lipinski definition) is 3. The minimum Gasteiger partial charge on any atom is -0.469 e. The fraction of sp³-hybridized carbons (Fsp3) is 0.875. The quantitative estimate of drug-likeness (QED) is 0.704. The third kappa shape index (κ3) is 5.14. The third-order valence-corrected chi connectivity index (χ3v) is 3.99. The van der Waals surface area contributed by atoms with Crippen molar-refractivity contribution >= 4 is 11.9 Å². The molecule has 1 atom stereocenters. The number of methoxy groups -OCH3 is 1. The summed E-state index contributed by atoms with van der Waals surface area (Å²) in [5.74, 6) is 0.0471. The van der Waals surface area contributed by atoms with Crippen LogP contribution in [0.2, 0.25) is 0 Å². The van der Waals surface area contributed by atoms with E-state index in [1.807, 2.05) is 11.8 Å². The maximum absolute atomic E-state index is 12.5. The predicted molar refractivity (Wildman–Crippen MR) is 79.2 cm³/mol. The number of rotatable bonds is 6. The Labute approximate surface area is 122 Å². The van der Waals surface area contributed by atoms with Gasteiger partial charge in [-0.3, -0.25) is 9.59 Å². The number of carbonyl (C=O) groups excluding carboxylic acids is 2. The van der Waals surface area contributed by atoms with E-state index in [0.717, 1.165) is 12.8 Å². The molecule has 0 radical (unpaired) electrons. The molecule has 4 heteroatoms. The van der Waals surface area contributed by atoms with Gasteiger partial charge in [0.05, 0.1) is 13.0 Å². The maximum Gasteiger partial charge on any atom is 0.310 e. The van der Waals surface area contributed by atoms with E-state index in [1.165, 1.54) is 26.4 Å². The first-order valence-corrected chi connectivity index (χ1v) is 7.83. The van der Waals surface area contributed by atoms with Gasteiger partial charge in [0.15, 0.2) is 0 Å². The lowest BCUT2D eigenvalue weighted by atomic mass is 9.92. The van der Waals surface area contributed by atoms with Gasteiger partial charge in [-0.1, -0.05) is 40.0 Å². The van der Waals surface area contributed by atoms with Gasteiger partial charge in [0.25, 0.3) is 0 Å². The third-order valence-electron chi connectivity index (χ3n) is 3.99. The molecule has 0 aromatic heterocycles. The summed E-state index contributed by atoms with van der Waals surface area (Å²) in [6.45, 7) is 6.44. The van der Waals surface area contributed by atoms with Crippen LogP contribution in [0.25, 0.3) is 0 Å². The monoisotopic (exact) mass is 283 g/mol. The molecule has 0 bridgehead atoms. The van der Waals surface area contributed by atoms with Crippen molar-refractivity contribution in [3.8, 4) is 0 Å². The zero-order valence-corrected chi connectivity index (χ0v) is 13.4.